The van der Waals surface area contributed by atoms with Crippen LogP contribution in [0.5, 0.6) is 5.75 Å². The minimum atomic E-state index is 0.465. The van der Waals surface area contributed by atoms with Crippen LogP contribution in [-0.2, 0) is 6.54 Å². The molecule has 0 atom stereocenters. The molecule has 1 heterocycles. The van der Waals surface area contributed by atoms with E-state index in [1.54, 1.807) is 12.4 Å². The number of hydrogen-bond acceptors (Lipinski definition) is 3. The second-order valence-electron chi connectivity index (χ2n) is 4.26. The number of nitrogens with zero attached hydrogens (tertiary/aromatic N) is 1. The van der Waals surface area contributed by atoms with E-state index in [2.05, 4.69) is 11.9 Å². The van der Waals surface area contributed by atoms with Crippen molar-refractivity contribution in [2.24, 2.45) is 5.73 Å². The fourth-order valence-electron chi connectivity index (χ4n) is 1.86. The Labute approximate surface area is 118 Å². The van der Waals surface area contributed by atoms with E-state index in [0.29, 0.717) is 18.2 Å². The first-order valence-electron chi connectivity index (χ1n) is 6.31. The van der Waals surface area contributed by atoms with Crippen molar-refractivity contribution in [2.45, 2.75) is 19.9 Å². The van der Waals surface area contributed by atoms with Gasteiger partial charge in [0.05, 0.1) is 12.8 Å². The van der Waals surface area contributed by atoms with Crippen LogP contribution in [0.4, 0.5) is 0 Å². The van der Waals surface area contributed by atoms with E-state index in [-0.39, 0.29) is 0 Å². The van der Waals surface area contributed by atoms with E-state index in [1.807, 2.05) is 24.3 Å². The van der Waals surface area contributed by atoms with Gasteiger partial charge in [0.2, 0.25) is 0 Å². The smallest absolute Gasteiger partial charge is 0.138 e. The quantitative estimate of drug-likeness (QED) is 0.907. The summed E-state index contributed by atoms with van der Waals surface area (Å²) in [5.74, 6) is 0.766. The summed E-state index contributed by atoms with van der Waals surface area (Å²) in [6.45, 7) is 3.22. The number of pyridine rings is 1. The molecule has 1 aromatic carbocycles. The molecule has 0 radical (unpaired) electrons. The van der Waals surface area contributed by atoms with Crippen molar-refractivity contribution in [3.8, 4) is 16.9 Å². The molecule has 2 aromatic rings. The van der Waals surface area contributed by atoms with E-state index >= 15 is 0 Å². The fourth-order valence-corrected chi connectivity index (χ4v) is 2.03. The third-order valence-electron chi connectivity index (χ3n) is 2.79. The normalized spacial score (nSPS) is 10.5. The Bertz CT molecular complexity index is 558. The molecule has 0 amide bonds. The van der Waals surface area contributed by atoms with E-state index in [0.717, 1.165) is 28.9 Å². The van der Waals surface area contributed by atoms with Crippen LogP contribution in [0.25, 0.3) is 11.1 Å². The summed E-state index contributed by atoms with van der Waals surface area (Å²) in [4.78, 5) is 4.21. The number of halogens is 1. The molecule has 0 unspecified atom stereocenters. The SMILES string of the molecule is CCCOc1cncc(-c2cc(Cl)ccc2CN)c1. The minimum absolute atomic E-state index is 0.465. The summed E-state index contributed by atoms with van der Waals surface area (Å²) in [6, 6.07) is 7.66. The van der Waals surface area contributed by atoms with Crippen LogP contribution in [0.1, 0.15) is 18.9 Å². The largest absolute Gasteiger partial charge is 0.492 e. The maximum Gasteiger partial charge on any atom is 0.138 e. The molecule has 0 aliphatic carbocycles. The zero-order valence-electron chi connectivity index (χ0n) is 10.9. The van der Waals surface area contributed by atoms with E-state index in [4.69, 9.17) is 22.1 Å². The lowest BCUT2D eigenvalue weighted by Gasteiger charge is -2.10. The van der Waals surface area contributed by atoms with Crippen LogP contribution in [0.15, 0.2) is 36.7 Å². The molecular formula is C15H17ClN2O. The summed E-state index contributed by atoms with van der Waals surface area (Å²) >= 11 is 6.05. The molecule has 1 aromatic heterocycles. The highest BCUT2D eigenvalue weighted by molar-refractivity contribution is 6.30. The number of hydrogen-bond donors (Lipinski definition) is 1. The molecular weight excluding hydrogens is 260 g/mol. The van der Waals surface area contributed by atoms with Crippen LogP contribution < -0.4 is 10.5 Å². The number of nitrogens with two attached hydrogens (primary N) is 1. The van der Waals surface area contributed by atoms with Gasteiger partial charge in [-0.05, 0) is 35.7 Å². The van der Waals surface area contributed by atoms with Gasteiger partial charge in [0.1, 0.15) is 5.75 Å². The lowest BCUT2D eigenvalue weighted by atomic mass is 10.0. The summed E-state index contributed by atoms with van der Waals surface area (Å²) in [5, 5.41) is 0.687. The zero-order chi connectivity index (χ0) is 13.7. The third kappa shape index (κ3) is 3.46. The molecule has 3 nitrogen and oxygen atoms in total. The maximum absolute atomic E-state index is 6.05. The van der Waals surface area contributed by atoms with Crippen molar-refractivity contribution in [1.82, 2.24) is 4.98 Å². The topological polar surface area (TPSA) is 48.1 Å². The predicted molar refractivity (Wildman–Crippen MR) is 78.4 cm³/mol. The Morgan fingerprint density at radius 3 is 2.84 bits per heavy atom. The van der Waals surface area contributed by atoms with Gasteiger partial charge in [0.15, 0.2) is 0 Å². The van der Waals surface area contributed by atoms with Crippen LogP contribution in [-0.4, -0.2) is 11.6 Å². The zero-order valence-corrected chi connectivity index (χ0v) is 11.7. The van der Waals surface area contributed by atoms with Gasteiger partial charge in [0, 0.05) is 23.3 Å². The first-order chi connectivity index (χ1) is 9.24. The van der Waals surface area contributed by atoms with Crippen LogP contribution in [0, 0.1) is 0 Å². The van der Waals surface area contributed by atoms with E-state index in [1.165, 1.54) is 0 Å². The van der Waals surface area contributed by atoms with Gasteiger partial charge in [0.25, 0.3) is 0 Å². The summed E-state index contributed by atoms with van der Waals surface area (Å²) in [6.07, 6.45) is 4.48. The standard InChI is InChI=1S/C15H17ClN2O/c1-2-5-19-14-6-12(9-18-10-14)15-7-13(16)4-3-11(15)8-17/h3-4,6-7,9-10H,2,5,8,17H2,1H3. The highest BCUT2D eigenvalue weighted by atomic mass is 35.5. The average Bonchev–Trinajstić information content (AvgIpc) is 2.45. The Hall–Kier alpha value is -1.58. The Morgan fingerprint density at radius 1 is 1.26 bits per heavy atom. The van der Waals surface area contributed by atoms with Gasteiger partial charge in [-0.25, -0.2) is 0 Å². The van der Waals surface area contributed by atoms with Crippen LogP contribution in [0.2, 0.25) is 5.02 Å². The van der Waals surface area contributed by atoms with Crippen molar-refractivity contribution in [3.63, 3.8) is 0 Å². The van der Waals surface area contributed by atoms with Crippen molar-refractivity contribution < 1.29 is 4.74 Å². The molecule has 0 saturated heterocycles. The second-order valence-corrected chi connectivity index (χ2v) is 4.70. The second kappa shape index (κ2) is 6.55. The molecule has 0 fully saturated rings. The Kier molecular flexibility index (Phi) is 4.77. The molecule has 0 saturated carbocycles. The Morgan fingerprint density at radius 2 is 2.11 bits per heavy atom. The monoisotopic (exact) mass is 276 g/mol. The lowest BCUT2D eigenvalue weighted by Crippen LogP contribution is -2.00. The Balaban J connectivity index is 2.38. The van der Waals surface area contributed by atoms with Crippen LogP contribution in [0.3, 0.4) is 0 Å². The average molecular weight is 277 g/mol. The molecule has 0 spiro atoms. The van der Waals surface area contributed by atoms with Gasteiger partial charge in [-0.1, -0.05) is 24.6 Å². The summed E-state index contributed by atoms with van der Waals surface area (Å²) in [5.41, 5.74) is 8.78. The van der Waals surface area contributed by atoms with Gasteiger partial charge in [-0.3, -0.25) is 4.98 Å². The van der Waals surface area contributed by atoms with Crippen molar-refractivity contribution in [2.75, 3.05) is 6.61 Å². The predicted octanol–water partition coefficient (Wildman–Crippen LogP) is 3.65. The van der Waals surface area contributed by atoms with E-state index in [9.17, 15) is 0 Å². The number of benzene rings is 1. The lowest BCUT2D eigenvalue weighted by molar-refractivity contribution is 0.316. The molecule has 0 bridgehead atoms. The first-order valence-corrected chi connectivity index (χ1v) is 6.69. The molecule has 2 N–H and O–H groups in total. The van der Waals surface area contributed by atoms with Gasteiger partial charge in [-0.2, -0.15) is 0 Å². The first kappa shape index (κ1) is 13.8. The third-order valence-corrected chi connectivity index (χ3v) is 3.02. The number of aromatic nitrogens is 1. The molecule has 2 rings (SSSR count). The van der Waals surface area contributed by atoms with Crippen LogP contribution >= 0.6 is 11.6 Å². The van der Waals surface area contributed by atoms with E-state index < -0.39 is 0 Å². The fraction of sp³-hybridized carbons (Fsp3) is 0.267. The van der Waals surface area contributed by atoms with Gasteiger partial charge >= 0.3 is 0 Å². The van der Waals surface area contributed by atoms with Gasteiger partial charge in [-0.15, -0.1) is 0 Å². The summed E-state index contributed by atoms with van der Waals surface area (Å²) in [7, 11) is 0. The summed E-state index contributed by atoms with van der Waals surface area (Å²) < 4.78 is 5.59. The molecule has 19 heavy (non-hydrogen) atoms. The molecule has 0 aliphatic heterocycles. The van der Waals surface area contributed by atoms with Crippen molar-refractivity contribution in [3.05, 3.63) is 47.2 Å². The molecule has 4 heteroatoms. The molecule has 0 aliphatic rings. The number of rotatable bonds is 5. The minimum Gasteiger partial charge on any atom is -0.492 e. The molecule has 100 valence electrons. The highest BCUT2D eigenvalue weighted by Gasteiger charge is 2.07. The van der Waals surface area contributed by atoms with Gasteiger partial charge < -0.3 is 10.5 Å². The number of ether oxygens (including phenoxy) is 1. The maximum atomic E-state index is 6.05. The highest BCUT2D eigenvalue weighted by Crippen LogP contribution is 2.28. The van der Waals surface area contributed by atoms with Crippen molar-refractivity contribution >= 4 is 11.6 Å². The van der Waals surface area contributed by atoms with Crippen molar-refractivity contribution in [1.29, 1.82) is 0 Å².